The Balaban J connectivity index is 2.20. The van der Waals surface area contributed by atoms with Crippen molar-refractivity contribution in [1.29, 1.82) is 0 Å². The van der Waals surface area contributed by atoms with Crippen molar-refractivity contribution in [3.05, 3.63) is 12.4 Å². The molecule has 0 saturated carbocycles. The van der Waals surface area contributed by atoms with Crippen LogP contribution in [0.3, 0.4) is 0 Å². The van der Waals surface area contributed by atoms with E-state index < -0.39 is 0 Å². The summed E-state index contributed by atoms with van der Waals surface area (Å²) in [6.45, 7) is 2.02. The Kier molecular flexibility index (Phi) is 3.05. The van der Waals surface area contributed by atoms with Crippen LogP contribution in [0.25, 0.3) is 0 Å². The minimum absolute atomic E-state index is 0.652. The molecule has 1 saturated heterocycles. The smallest absolute Gasteiger partial charge is 0.183 e. The van der Waals surface area contributed by atoms with Crippen molar-refractivity contribution in [3.63, 3.8) is 0 Å². The monoisotopic (exact) mass is 211 g/mol. The zero-order valence-electron chi connectivity index (χ0n) is 7.81. The number of hydrazine groups is 1. The molecular formula is C8H13N5S. The molecule has 6 heteroatoms. The highest BCUT2D eigenvalue weighted by Gasteiger charge is 2.15. The molecule has 0 atom stereocenters. The third-order valence-electron chi connectivity index (χ3n) is 2.13. The predicted molar refractivity (Wildman–Crippen MR) is 59.4 cm³/mol. The van der Waals surface area contributed by atoms with Gasteiger partial charge >= 0.3 is 0 Å². The van der Waals surface area contributed by atoms with Crippen LogP contribution in [-0.4, -0.2) is 34.6 Å². The summed E-state index contributed by atoms with van der Waals surface area (Å²) >= 11 is 1.97. The lowest BCUT2D eigenvalue weighted by molar-refractivity contribution is 0.834. The number of hydrogen-bond acceptors (Lipinski definition) is 6. The number of nitrogens with one attached hydrogen (secondary N) is 1. The molecule has 0 spiro atoms. The van der Waals surface area contributed by atoms with Gasteiger partial charge < -0.3 is 10.3 Å². The summed E-state index contributed by atoms with van der Waals surface area (Å²) in [5, 5.41) is 0. The molecule has 2 heterocycles. The van der Waals surface area contributed by atoms with Gasteiger partial charge in [0.25, 0.3) is 0 Å². The molecule has 0 bridgehead atoms. The summed E-state index contributed by atoms with van der Waals surface area (Å²) in [5.74, 6) is 9.16. The highest BCUT2D eigenvalue weighted by Crippen LogP contribution is 2.22. The van der Waals surface area contributed by atoms with Gasteiger partial charge in [0.05, 0.1) is 0 Å². The Morgan fingerprint density at radius 1 is 1.29 bits per heavy atom. The molecule has 5 nitrogen and oxygen atoms in total. The second kappa shape index (κ2) is 4.47. The van der Waals surface area contributed by atoms with E-state index in [1.54, 1.807) is 12.4 Å². The van der Waals surface area contributed by atoms with E-state index in [9.17, 15) is 0 Å². The molecule has 3 N–H and O–H groups in total. The Bertz CT molecular complexity index is 300. The summed E-state index contributed by atoms with van der Waals surface area (Å²) in [4.78, 5) is 10.6. The zero-order chi connectivity index (χ0) is 9.80. The lowest BCUT2D eigenvalue weighted by Gasteiger charge is -2.28. The Morgan fingerprint density at radius 3 is 2.71 bits per heavy atom. The lowest BCUT2D eigenvalue weighted by atomic mass is 10.4. The fourth-order valence-corrected chi connectivity index (χ4v) is 2.34. The molecule has 1 aliphatic rings. The largest absolute Gasteiger partial charge is 0.352 e. The van der Waals surface area contributed by atoms with Gasteiger partial charge in [-0.2, -0.15) is 11.8 Å². The average molecular weight is 211 g/mol. The van der Waals surface area contributed by atoms with Gasteiger partial charge in [-0.15, -0.1) is 0 Å². The van der Waals surface area contributed by atoms with Crippen LogP contribution in [0.5, 0.6) is 0 Å². The Morgan fingerprint density at radius 2 is 2.00 bits per heavy atom. The van der Waals surface area contributed by atoms with Gasteiger partial charge in [0.1, 0.15) is 0 Å². The molecule has 1 aliphatic heterocycles. The molecule has 0 aliphatic carbocycles. The van der Waals surface area contributed by atoms with Crippen molar-refractivity contribution in [2.45, 2.75) is 0 Å². The van der Waals surface area contributed by atoms with E-state index in [1.165, 1.54) is 0 Å². The quantitative estimate of drug-likeness (QED) is 0.542. The Hall–Kier alpha value is -1.01. The summed E-state index contributed by atoms with van der Waals surface area (Å²) < 4.78 is 0. The van der Waals surface area contributed by atoms with Crippen molar-refractivity contribution in [3.8, 4) is 0 Å². The molecule has 1 aromatic rings. The van der Waals surface area contributed by atoms with Gasteiger partial charge in [0.15, 0.2) is 11.6 Å². The van der Waals surface area contributed by atoms with Crippen molar-refractivity contribution in [2.75, 3.05) is 34.9 Å². The molecule has 0 unspecified atom stereocenters. The van der Waals surface area contributed by atoms with Crippen LogP contribution in [0.15, 0.2) is 12.4 Å². The normalized spacial score (nSPS) is 16.8. The fourth-order valence-electron chi connectivity index (χ4n) is 1.44. The maximum absolute atomic E-state index is 5.37. The van der Waals surface area contributed by atoms with Gasteiger partial charge in [0, 0.05) is 37.0 Å². The summed E-state index contributed by atoms with van der Waals surface area (Å²) in [6, 6.07) is 0. The molecule has 1 fully saturated rings. The van der Waals surface area contributed by atoms with E-state index in [0.29, 0.717) is 5.82 Å². The number of rotatable bonds is 2. The van der Waals surface area contributed by atoms with Crippen molar-refractivity contribution in [2.24, 2.45) is 5.84 Å². The SMILES string of the molecule is NNc1nccnc1N1CCSCC1. The average Bonchev–Trinajstić information content (AvgIpc) is 2.30. The summed E-state index contributed by atoms with van der Waals surface area (Å²) in [7, 11) is 0. The third-order valence-corrected chi connectivity index (χ3v) is 3.07. The number of aromatic nitrogens is 2. The predicted octanol–water partition coefficient (Wildman–Crippen LogP) is 0.315. The molecule has 0 amide bonds. The van der Waals surface area contributed by atoms with Crippen LogP contribution in [0.2, 0.25) is 0 Å². The van der Waals surface area contributed by atoms with Crippen LogP contribution in [0.1, 0.15) is 0 Å². The number of nitrogens with zero attached hydrogens (tertiary/aromatic N) is 3. The minimum atomic E-state index is 0.652. The standard InChI is InChI=1S/C8H13N5S/c9-12-7-8(11-2-1-10-7)13-3-5-14-6-4-13/h1-2H,3-6,9H2,(H,10,12). The number of thioether (sulfide) groups is 1. The molecule has 0 radical (unpaired) electrons. The van der Waals surface area contributed by atoms with E-state index >= 15 is 0 Å². The van der Waals surface area contributed by atoms with Gasteiger partial charge in [-0.25, -0.2) is 15.8 Å². The van der Waals surface area contributed by atoms with Crippen LogP contribution in [0.4, 0.5) is 11.6 Å². The number of anilines is 2. The van der Waals surface area contributed by atoms with Gasteiger partial charge in [-0.1, -0.05) is 0 Å². The van der Waals surface area contributed by atoms with Crippen molar-refractivity contribution < 1.29 is 0 Å². The van der Waals surface area contributed by atoms with Crippen LogP contribution in [-0.2, 0) is 0 Å². The third kappa shape index (κ3) is 1.91. The van der Waals surface area contributed by atoms with Crippen LogP contribution in [0, 0.1) is 0 Å². The first-order valence-corrected chi connectivity index (χ1v) is 5.67. The first kappa shape index (κ1) is 9.54. The van der Waals surface area contributed by atoms with Gasteiger partial charge in [0.2, 0.25) is 0 Å². The minimum Gasteiger partial charge on any atom is -0.352 e. The van der Waals surface area contributed by atoms with E-state index in [2.05, 4.69) is 20.3 Å². The van der Waals surface area contributed by atoms with Gasteiger partial charge in [-0.05, 0) is 0 Å². The molecule has 76 valence electrons. The fraction of sp³-hybridized carbons (Fsp3) is 0.500. The molecular weight excluding hydrogens is 198 g/mol. The second-order valence-electron chi connectivity index (χ2n) is 2.97. The molecule has 2 rings (SSSR count). The van der Waals surface area contributed by atoms with Crippen molar-refractivity contribution in [1.82, 2.24) is 9.97 Å². The number of nitrogen functional groups attached to an aromatic ring is 1. The van der Waals surface area contributed by atoms with Crippen LogP contribution < -0.4 is 16.2 Å². The lowest BCUT2D eigenvalue weighted by Crippen LogP contribution is -2.34. The maximum atomic E-state index is 5.37. The van der Waals surface area contributed by atoms with Gasteiger partial charge in [-0.3, -0.25) is 0 Å². The van der Waals surface area contributed by atoms with Crippen LogP contribution >= 0.6 is 11.8 Å². The van der Waals surface area contributed by atoms with E-state index in [4.69, 9.17) is 5.84 Å². The Labute approximate surface area is 87.1 Å². The molecule has 0 aromatic carbocycles. The first-order valence-electron chi connectivity index (χ1n) is 4.52. The van der Waals surface area contributed by atoms with E-state index in [-0.39, 0.29) is 0 Å². The highest BCUT2D eigenvalue weighted by atomic mass is 32.2. The molecule has 1 aromatic heterocycles. The summed E-state index contributed by atoms with van der Waals surface area (Å²) in [6.07, 6.45) is 3.33. The second-order valence-corrected chi connectivity index (χ2v) is 4.20. The number of nitrogens with two attached hydrogens (primary N) is 1. The zero-order valence-corrected chi connectivity index (χ0v) is 8.63. The number of hydrogen-bond donors (Lipinski definition) is 2. The summed E-state index contributed by atoms with van der Waals surface area (Å²) in [5.41, 5.74) is 2.57. The van der Waals surface area contributed by atoms with E-state index in [0.717, 1.165) is 30.4 Å². The van der Waals surface area contributed by atoms with E-state index in [1.807, 2.05) is 11.8 Å². The van der Waals surface area contributed by atoms with Crippen molar-refractivity contribution >= 4 is 23.4 Å². The first-order chi connectivity index (χ1) is 6.92. The maximum Gasteiger partial charge on any atom is 0.183 e. The highest BCUT2D eigenvalue weighted by molar-refractivity contribution is 7.99. The topological polar surface area (TPSA) is 67.1 Å². The molecule has 14 heavy (non-hydrogen) atoms.